The van der Waals surface area contributed by atoms with Crippen LogP contribution < -0.4 is 5.32 Å². The molecule has 4 aromatic rings. The van der Waals surface area contributed by atoms with Gasteiger partial charge in [-0.15, -0.1) is 11.3 Å². The summed E-state index contributed by atoms with van der Waals surface area (Å²) in [7, 11) is 1.81. The Kier molecular flexibility index (Phi) is 4.26. The van der Waals surface area contributed by atoms with E-state index in [0.717, 1.165) is 4.96 Å². The van der Waals surface area contributed by atoms with Crippen molar-refractivity contribution in [1.82, 2.24) is 24.3 Å². The number of rotatable bonds is 5. The van der Waals surface area contributed by atoms with Crippen LogP contribution in [0.3, 0.4) is 0 Å². The molecule has 8 heteroatoms. The summed E-state index contributed by atoms with van der Waals surface area (Å²) in [5.41, 5.74) is 1.04. The Morgan fingerprint density at radius 3 is 2.92 bits per heavy atom. The molecule has 0 saturated carbocycles. The van der Waals surface area contributed by atoms with Crippen molar-refractivity contribution in [1.29, 1.82) is 0 Å². The zero-order chi connectivity index (χ0) is 18.1. The molecule has 0 saturated heterocycles. The van der Waals surface area contributed by atoms with Gasteiger partial charge in [0.05, 0.1) is 12.1 Å². The lowest BCUT2D eigenvalue weighted by Gasteiger charge is -2.19. The number of aromatic nitrogens is 4. The molecule has 0 aliphatic carbocycles. The number of carbonyl (C=O) groups is 1. The molecule has 0 aliphatic rings. The normalized spacial score (nSPS) is 12.4. The van der Waals surface area contributed by atoms with E-state index in [1.807, 2.05) is 29.2 Å². The van der Waals surface area contributed by atoms with Crippen LogP contribution >= 0.6 is 11.3 Å². The Morgan fingerprint density at radius 1 is 1.35 bits per heavy atom. The van der Waals surface area contributed by atoms with Gasteiger partial charge in [-0.25, -0.2) is 14.4 Å². The lowest BCUT2D eigenvalue weighted by molar-refractivity contribution is -0.121. The number of nitrogens with one attached hydrogen (secondary N) is 1. The van der Waals surface area contributed by atoms with Gasteiger partial charge in [-0.1, -0.05) is 18.2 Å². The van der Waals surface area contributed by atoms with Gasteiger partial charge in [0.2, 0.25) is 5.91 Å². The molecule has 0 unspecified atom stereocenters. The van der Waals surface area contributed by atoms with Crippen LogP contribution in [0.15, 0.2) is 54.4 Å². The number of halogens is 1. The van der Waals surface area contributed by atoms with Crippen molar-refractivity contribution < 1.29 is 9.18 Å². The zero-order valence-electron chi connectivity index (χ0n) is 14.0. The van der Waals surface area contributed by atoms with Gasteiger partial charge in [0, 0.05) is 42.8 Å². The number of thiazole rings is 1. The van der Waals surface area contributed by atoms with Crippen molar-refractivity contribution in [3.63, 3.8) is 0 Å². The summed E-state index contributed by atoms with van der Waals surface area (Å²) in [6.45, 7) is 0. The smallest absolute Gasteiger partial charge is 0.226 e. The van der Waals surface area contributed by atoms with Crippen LogP contribution in [0.4, 0.5) is 4.39 Å². The number of fused-ring (bicyclic) bond motifs is 1. The number of hydrogen-bond donors (Lipinski definition) is 1. The number of hydrogen-bond acceptors (Lipinski definition) is 4. The summed E-state index contributed by atoms with van der Waals surface area (Å²) in [6.07, 6.45) is 7.22. The lowest BCUT2D eigenvalue weighted by atomic mass is 10.0. The van der Waals surface area contributed by atoms with Crippen molar-refractivity contribution in [2.45, 2.75) is 12.5 Å². The summed E-state index contributed by atoms with van der Waals surface area (Å²) in [6, 6.07) is 5.72. The quantitative estimate of drug-likeness (QED) is 0.588. The number of aryl methyl sites for hydroxylation is 1. The molecule has 1 aromatic carbocycles. The second kappa shape index (κ2) is 6.72. The molecule has 0 fully saturated rings. The second-order valence-electron chi connectivity index (χ2n) is 5.92. The average molecular weight is 369 g/mol. The minimum Gasteiger partial charge on any atom is -0.342 e. The Balaban J connectivity index is 1.60. The largest absolute Gasteiger partial charge is 0.342 e. The van der Waals surface area contributed by atoms with Gasteiger partial charge in [0.25, 0.3) is 0 Å². The van der Waals surface area contributed by atoms with Crippen molar-refractivity contribution in [3.05, 3.63) is 77.3 Å². The first kappa shape index (κ1) is 16.5. The molecule has 3 heterocycles. The van der Waals surface area contributed by atoms with Gasteiger partial charge < -0.3 is 9.88 Å². The fraction of sp³-hybridized carbons (Fsp3) is 0.167. The molecule has 0 bridgehead atoms. The fourth-order valence-corrected chi connectivity index (χ4v) is 3.60. The van der Waals surface area contributed by atoms with Gasteiger partial charge in [-0.05, 0) is 6.07 Å². The molecular formula is C18H16FN5OS. The molecule has 1 atom stereocenters. The van der Waals surface area contributed by atoms with Crippen molar-refractivity contribution >= 4 is 22.2 Å². The average Bonchev–Trinajstić information content (AvgIpc) is 3.30. The van der Waals surface area contributed by atoms with Gasteiger partial charge >= 0.3 is 0 Å². The van der Waals surface area contributed by atoms with Crippen LogP contribution in [-0.4, -0.2) is 24.8 Å². The van der Waals surface area contributed by atoms with Crippen LogP contribution in [0.1, 0.15) is 23.1 Å². The third-order valence-corrected chi connectivity index (χ3v) is 4.89. The molecule has 0 radical (unpaired) electrons. The van der Waals surface area contributed by atoms with Crippen LogP contribution in [0.5, 0.6) is 0 Å². The van der Waals surface area contributed by atoms with E-state index >= 15 is 0 Å². The maximum Gasteiger partial charge on any atom is 0.226 e. The number of benzene rings is 1. The van der Waals surface area contributed by atoms with Gasteiger partial charge in [0.15, 0.2) is 4.96 Å². The molecule has 0 spiro atoms. The molecule has 6 nitrogen and oxygen atoms in total. The number of amides is 1. The summed E-state index contributed by atoms with van der Waals surface area (Å²) in [5, 5.41) is 4.83. The van der Waals surface area contributed by atoms with E-state index in [1.54, 1.807) is 35.2 Å². The van der Waals surface area contributed by atoms with E-state index in [9.17, 15) is 9.18 Å². The SMILES string of the molecule is Cn1ccnc1[C@H](NC(=O)Cc1cn2ccsc2n1)c1ccccc1F. The predicted molar refractivity (Wildman–Crippen MR) is 96.4 cm³/mol. The highest BCUT2D eigenvalue weighted by Crippen LogP contribution is 2.23. The Labute approximate surface area is 152 Å². The first-order valence-electron chi connectivity index (χ1n) is 8.04. The fourth-order valence-electron chi connectivity index (χ4n) is 2.88. The van der Waals surface area contributed by atoms with Crippen molar-refractivity contribution in [2.75, 3.05) is 0 Å². The van der Waals surface area contributed by atoms with Crippen molar-refractivity contribution in [2.24, 2.45) is 7.05 Å². The monoisotopic (exact) mass is 369 g/mol. The zero-order valence-corrected chi connectivity index (χ0v) is 14.8. The summed E-state index contributed by atoms with van der Waals surface area (Å²) in [4.78, 5) is 22.1. The molecule has 4 rings (SSSR count). The molecule has 0 aliphatic heterocycles. The van der Waals surface area contributed by atoms with E-state index in [-0.39, 0.29) is 18.1 Å². The minimum atomic E-state index is -0.674. The van der Waals surface area contributed by atoms with Crippen LogP contribution in [0, 0.1) is 5.82 Å². The van der Waals surface area contributed by atoms with Gasteiger partial charge in [-0.2, -0.15) is 0 Å². The molecule has 1 N–H and O–H groups in total. The molecule has 132 valence electrons. The summed E-state index contributed by atoms with van der Waals surface area (Å²) >= 11 is 1.51. The highest BCUT2D eigenvalue weighted by atomic mass is 32.1. The van der Waals surface area contributed by atoms with E-state index in [1.165, 1.54) is 17.4 Å². The Hall–Kier alpha value is -3.00. The van der Waals surface area contributed by atoms with Crippen molar-refractivity contribution in [3.8, 4) is 0 Å². The van der Waals surface area contributed by atoms with Crippen LogP contribution in [0.25, 0.3) is 4.96 Å². The predicted octanol–water partition coefficient (Wildman–Crippen LogP) is 2.72. The first-order chi connectivity index (χ1) is 12.6. The highest BCUT2D eigenvalue weighted by molar-refractivity contribution is 7.15. The van der Waals surface area contributed by atoms with Gasteiger partial charge in [-0.3, -0.25) is 9.20 Å². The third kappa shape index (κ3) is 3.11. The molecule has 3 aromatic heterocycles. The lowest BCUT2D eigenvalue weighted by Crippen LogP contribution is -2.32. The highest BCUT2D eigenvalue weighted by Gasteiger charge is 2.23. The molecule has 26 heavy (non-hydrogen) atoms. The molecule has 1 amide bonds. The first-order valence-corrected chi connectivity index (χ1v) is 8.92. The summed E-state index contributed by atoms with van der Waals surface area (Å²) < 4.78 is 18.0. The maximum atomic E-state index is 14.3. The Morgan fingerprint density at radius 2 is 2.19 bits per heavy atom. The second-order valence-corrected chi connectivity index (χ2v) is 6.79. The number of nitrogens with zero attached hydrogens (tertiary/aromatic N) is 4. The number of imidazole rings is 2. The Bertz CT molecular complexity index is 1040. The topological polar surface area (TPSA) is 64.2 Å². The summed E-state index contributed by atoms with van der Waals surface area (Å²) in [5.74, 6) is -0.0652. The van der Waals surface area contributed by atoms with E-state index in [0.29, 0.717) is 17.1 Å². The third-order valence-electron chi connectivity index (χ3n) is 4.12. The maximum absolute atomic E-state index is 14.3. The van der Waals surface area contributed by atoms with E-state index in [2.05, 4.69) is 15.3 Å². The van der Waals surface area contributed by atoms with E-state index in [4.69, 9.17) is 0 Å². The minimum absolute atomic E-state index is 0.115. The number of carbonyl (C=O) groups excluding carboxylic acids is 1. The van der Waals surface area contributed by atoms with E-state index < -0.39 is 6.04 Å². The van der Waals surface area contributed by atoms with Gasteiger partial charge in [0.1, 0.15) is 17.7 Å². The standard InChI is InChI=1S/C18H16FN5OS/c1-23-7-6-20-17(23)16(13-4-2-3-5-14(13)19)22-15(25)10-12-11-24-8-9-26-18(24)21-12/h2-9,11,16H,10H2,1H3,(H,22,25)/t16-/m1/s1. The molecular weight excluding hydrogens is 353 g/mol. The van der Waals surface area contributed by atoms with Crippen LogP contribution in [-0.2, 0) is 18.3 Å². The van der Waals surface area contributed by atoms with Crippen LogP contribution in [0.2, 0.25) is 0 Å².